The first-order chi connectivity index (χ1) is 3.47. The van der Waals surface area contributed by atoms with Gasteiger partial charge in [-0.05, 0) is 0 Å². The van der Waals surface area contributed by atoms with Crippen molar-refractivity contribution in [3.05, 3.63) is 11.9 Å². The molecule has 0 saturated heterocycles. The molecule has 0 aromatic heterocycles. The first-order valence-corrected chi connectivity index (χ1v) is 7.35. The van der Waals surface area contributed by atoms with Gasteiger partial charge in [0.1, 0.15) is 0 Å². The zero-order chi connectivity index (χ0) is 6.28. The minimum atomic E-state index is -2.23. The van der Waals surface area contributed by atoms with Gasteiger partial charge < -0.3 is 0 Å². The Morgan fingerprint density at radius 3 is 2.25 bits per heavy atom. The number of hydrogen-bond acceptors (Lipinski definition) is 0. The van der Waals surface area contributed by atoms with E-state index in [4.69, 9.17) is 22.5 Å². The second-order valence-electron chi connectivity index (χ2n) is 2.49. The van der Waals surface area contributed by atoms with Gasteiger partial charge in [-0.3, -0.25) is 0 Å². The van der Waals surface area contributed by atoms with Crippen LogP contribution in [-0.4, -0.2) is 12.8 Å². The number of rotatable bonds is 0. The molecule has 1 rings (SSSR count). The summed E-state index contributed by atoms with van der Waals surface area (Å²) >= 11 is 12.1. The minimum absolute atomic E-state index is 0.967. The summed E-state index contributed by atoms with van der Waals surface area (Å²) in [6.07, 6.45) is 4.09. The molecule has 0 nitrogen and oxygen atoms in total. The molecule has 48 valence electrons. The van der Waals surface area contributed by atoms with Crippen molar-refractivity contribution in [2.45, 2.75) is 6.42 Å². The first kappa shape index (κ1) is 6.86. The SMILES string of the molecule is CP1(Cl)(Cl)C=CCC1. The monoisotopic (exact) mass is 170 g/mol. The number of allylic oxidation sites excluding steroid dienone is 1. The predicted molar refractivity (Wildman–Crippen MR) is 43.2 cm³/mol. The molecular weight excluding hydrogens is 162 g/mol. The predicted octanol–water partition coefficient (Wildman–Crippen LogP) is 3.39. The first-order valence-electron chi connectivity index (χ1n) is 2.60. The fourth-order valence-electron chi connectivity index (χ4n) is 0.784. The Morgan fingerprint density at radius 1 is 1.50 bits per heavy atom. The zero-order valence-electron chi connectivity index (χ0n) is 4.77. The van der Waals surface area contributed by atoms with Crippen LogP contribution in [0.5, 0.6) is 0 Å². The summed E-state index contributed by atoms with van der Waals surface area (Å²) in [5.41, 5.74) is 0. The third-order valence-corrected chi connectivity index (χ3v) is 5.23. The van der Waals surface area contributed by atoms with Gasteiger partial charge in [-0.1, -0.05) is 0 Å². The number of halogens is 2. The van der Waals surface area contributed by atoms with Gasteiger partial charge >= 0.3 is 58.9 Å². The van der Waals surface area contributed by atoms with Crippen molar-refractivity contribution in [2.75, 3.05) is 12.8 Å². The van der Waals surface area contributed by atoms with Gasteiger partial charge in [0.15, 0.2) is 0 Å². The maximum atomic E-state index is 6.03. The number of hydrogen-bond donors (Lipinski definition) is 0. The van der Waals surface area contributed by atoms with E-state index < -0.39 is 5.31 Å². The molecule has 8 heavy (non-hydrogen) atoms. The molecule has 0 N–H and O–H groups in total. The van der Waals surface area contributed by atoms with E-state index in [-0.39, 0.29) is 0 Å². The molecule has 0 amide bonds. The Morgan fingerprint density at radius 2 is 2.12 bits per heavy atom. The van der Waals surface area contributed by atoms with Crippen molar-refractivity contribution < 1.29 is 0 Å². The second-order valence-corrected chi connectivity index (χ2v) is 12.6. The average molecular weight is 171 g/mol. The Labute approximate surface area is 59.4 Å². The molecule has 0 bridgehead atoms. The summed E-state index contributed by atoms with van der Waals surface area (Å²) in [5.74, 6) is 1.98. The van der Waals surface area contributed by atoms with Crippen LogP contribution in [0.25, 0.3) is 0 Å². The van der Waals surface area contributed by atoms with Gasteiger partial charge in [-0.15, -0.1) is 0 Å². The third-order valence-electron chi connectivity index (χ3n) is 1.29. The molecule has 0 saturated carbocycles. The van der Waals surface area contributed by atoms with Crippen LogP contribution < -0.4 is 0 Å². The Bertz CT molecular complexity index is 131. The molecule has 3 heteroatoms. The van der Waals surface area contributed by atoms with E-state index in [0.717, 1.165) is 12.6 Å². The van der Waals surface area contributed by atoms with Gasteiger partial charge in [0.05, 0.1) is 0 Å². The standard InChI is InChI=1S/C5H9Cl2P/c1-8(6,7)4-2-3-5-8/h2,4H,3,5H2,1H3. The summed E-state index contributed by atoms with van der Waals surface area (Å²) in [4.78, 5) is 0. The van der Waals surface area contributed by atoms with Crippen molar-refractivity contribution >= 4 is 27.8 Å². The van der Waals surface area contributed by atoms with Crippen molar-refractivity contribution in [1.29, 1.82) is 0 Å². The molecule has 1 aliphatic heterocycles. The van der Waals surface area contributed by atoms with Crippen LogP contribution in [-0.2, 0) is 0 Å². The molecule has 1 aliphatic rings. The van der Waals surface area contributed by atoms with Crippen LogP contribution >= 0.6 is 27.8 Å². The van der Waals surface area contributed by atoms with E-state index >= 15 is 0 Å². The van der Waals surface area contributed by atoms with Gasteiger partial charge in [0.2, 0.25) is 0 Å². The Kier molecular flexibility index (Phi) is 1.39. The molecule has 0 fully saturated rings. The van der Waals surface area contributed by atoms with E-state index in [9.17, 15) is 0 Å². The van der Waals surface area contributed by atoms with Gasteiger partial charge in [0.25, 0.3) is 0 Å². The molecule has 1 heterocycles. The fraction of sp³-hybridized carbons (Fsp3) is 0.600. The molecule has 0 unspecified atom stereocenters. The van der Waals surface area contributed by atoms with Gasteiger partial charge in [-0.25, -0.2) is 0 Å². The normalized spacial score (nSPS) is 36.1. The quantitative estimate of drug-likeness (QED) is 0.490. The van der Waals surface area contributed by atoms with E-state index in [1.807, 2.05) is 12.5 Å². The molecule has 0 aromatic rings. The third kappa shape index (κ3) is 1.62. The summed E-state index contributed by atoms with van der Waals surface area (Å²) in [7, 11) is 0. The van der Waals surface area contributed by atoms with Crippen LogP contribution in [0.1, 0.15) is 6.42 Å². The van der Waals surface area contributed by atoms with Crippen LogP contribution in [0, 0.1) is 0 Å². The van der Waals surface area contributed by atoms with E-state index in [0.29, 0.717) is 0 Å². The van der Waals surface area contributed by atoms with E-state index in [2.05, 4.69) is 6.08 Å². The molecule has 0 aliphatic carbocycles. The van der Waals surface area contributed by atoms with E-state index in [1.165, 1.54) is 0 Å². The summed E-state index contributed by atoms with van der Waals surface area (Å²) in [5, 5.41) is -2.23. The molecule has 0 atom stereocenters. The fourth-order valence-corrected chi connectivity index (χ4v) is 3.42. The van der Waals surface area contributed by atoms with Gasteiger partial charge in [-0.2, -0.15) is 0 Å². The topological polar surface area (TPSA) is 0 Å². The van der Waals surface area contributed by atoms with Crippen LogP contribution in [0.2, 0.25) is 0 Å². The zero-order valence-corrected chi connectivity index (χ0v) is 7.18. The Balaban J connectivity index is 2.83. The van der Waals surface area contributed by atoms with Crippen molar-refractivity contribution in [2.24, 2.45) is 0 Å². The van der Waals surface area contributed by atoms with E-state index in [1.54, 1.807) is 0 Å². The van der Waals surface area contributed by atoms with Crippen molar-refractivity contribution in [3.8, 4) is 0 Å². The van der Waals surface area contributed by atoms with Gasteiger partial charge in [0, 0.05) is 0 Å². The Hall–Kier alpha value is 0.750. The average Bonchev–Trinajstić information content (AvgIpc) is 1.81. The van der Waals surface area contributed by atoms with Crippen LogP contribution in [0.3, 0.4) is 0 Å². The second kappa shape index (κ2) is 1.62. The van der Waals surface area contributed by atoms with Crippen molar-refractivity contribution in [3.63, 3.8) is 0 Å². The molecule has 0 spiro atoms. The van der Waals surface area contributed by atoms with Crippen molar-refractivity contribution in [1.82, 2.24) is 0 Å². The summed E-state index contributed by atoms with van der Waals surface area (Å²) in [6.45, 7) is 1.96. The summed E-state index contributed by atoms with van der Waals surface area (Å²) < 4.78 is 0. The summed E-state index contributed by atoms with van der Waals surface area (Å²) in [6, 6.07) is 0. The molecular formula is C5H9Cl2P. The van der Waals surface area contributed by atoms with Crippen LogP contribution in [0.4, 0.5) is 0 Å². The van der Waals surface area contributed by atoms with Crippen LogP contribution in [0.15, 0.2) is 11.9 Å². The molecule has 0 radical (unpaired) electrons. The maximum absolute atomic E-state index is 6.03. The molecule has 0 aromatic carbocycles.